The molecule has 2 heterocycles. The molecule has 0 saturated carbocycles. The number of hydrogen-bond donors (Lipinski definition) is 1. The highest BCUT2D eigenvalue weighted by atomic mass is 127. The molecule has 4 rings (SSSR count). The minimum absolute atomic E-state index is 0. The van der Waals surface area contributed by atoms with Crippen molar-refractivity contribution in [1.82, 2.24) is 15.1 Å². The Kier molecular flexibility index (Phi) is 9.64. The molecule has 180 valence electrons. The van der Waals surface area contributed by atoms with E-state index < -0.39 is 0 Å². The smallest absolute Gasteiger partial charge is 0.194 e. The Morgan fingerprint density at radius 2 is 1.91 bits per heavy atom. The maximum Gasteiger partial charge on any atom is 0.194 e. The van der Waals surface area contributed by atoms with E-state index in [0.29, 0.717) is 12.6 Å². The van der Waals surface area contributed by atoms with Crippen LogP contribution in [0.4, 0.5) is 0 Å². The van der Waals surface area contributed by atoms with Crippen molar-refractivity contribution in [3.8, 4) is 11.5 Å². The van der Waals surface area contributed by atoms with Crippen LogP contribution in [0.5, 0.6) is 11.5 Å². The van der Waals surface area contributed by atoms with Crippen LogP contribution in [-0.4, -0.2) is 74.9 Å². The zero-order chi connectivity index (χ0) is 22.3. The van der Waals surface area contributed by atoms with Gasteiger partial charge in [-0.1, -0.05) is 42.5 Å². The third-order valence-electron chi connectivity index (χ3n) is 6.16. The van der Waals surface area contributed by atoms with Gasteiger partial charge >= 0.3 is 0 Å². The van der Waals surface area contributed by atoms with Gasteiger partial charge in [-0.05, 0) is 18.6 Å². The van der Waals surface area contributed by atoms with Crippen LogP contribution in [-0.2, 0) is 17.8 Å². The van der Waals surface area contributed by atoms with E-state index in [4.69, 9.17) is 19.2 Å². The van der Waals surface area contributed by atoms with Gasteiger partial charge in [-0.15, -0.1) is 24.0 Å². The van der Waals surface area contributed by atoms with E-state index in [1.54, 1.807) is 14.2 Å². The molecule has 0 radical (unpaired) electrons. The summed E-state index contributed by atoms with van der Waals surface area (Å²) in [5, 5.41) is 3.46. The molecule has 33 heavy (non-hydrogen) atoms. The number of hydrogen-bond acceptors (Lipinski definition) is 5. The second-order valence-corrected chi connectivity index (χ2v) is 8.16. The molecule has 0 bridgehead atoms. The Balaban J connectivity index is 0.00000306. The lowest BCUT2D eigenvalue weighted by molar-refractivity contribution is -0.0502. The van der Waals surface area contributed by atoms with Crippen LogP contribution in [0.3, 0.4) is 0 Å². The van der Waals surface area contributed by atoms with Gasteiger partial charge in [0.15, 0.2) is 17.5 Å². The summed E-state index contributed by atoms with van der Waals surface area (Å²) in [5.74, 6) is 2.37. The predicted octanol–water partition coefficient (Wildman–Crippen LogP) is 3.37. The van der Waals surface area contributed by atoms with E-state index in [1.165, 1.54) is 5.56 Å². The molecule has 0 aliphatic carbocycles. The number of likely N-dealkylation sites (tertiary alicyclic amines) is 1. The number of morpholine rings is 1. The number of rotatable bonds is 7. The number of benzene rings is 2. The number of halogens is 1. The van der Waals surface area contributed by atoms with Crippen LogP contribution >= 0.6 is 24.0 Å². The third-order valence-corrected chi connectivity index (χ3v) is 6.16. The zero-order valence-electron chi connectivity index (χ0n) is 19.7. The average molecular weight is 566 g/mol. The van der Waals surface area contributed by atoms with Gasteiger partial charge in [0, 0.05) is 38.3 Å². The lowest BCUT2D eigenvalue weighted by Crippen LogP contribution is -2.50. The highest BCUT2D eigenvalue weighted by molar-refractivity contribution is 14.0. The highest BCUT2D eigenvalue weighted by Crippen LogP contribution is 2.31. The molecule has 8 heteroatoms. The quantitative estimate of drug-likeness (QED) is 0.315. The van der Waals surface area contributed by atoms with Gasteiger partial charge in [-0.25, -0.2) is 4.99 Å². The normalized spacial score (nSPS) is 20.7. The summed E-state index contributed by atoms with van der Waals surface area (Å²) < 4.78 is 17.2. The molecule has 2 aliphatic rings. The van der Waals surface area contributed by atoms with Crippen LogP contribution < -0.4 is 14.8 Å². The maximum absolute atomic E-state index is 6.16. The molecule has 2 atom stereocenters. The highest BCUT2D eigenvalue weighted by Gasteiger charge is 2.41. The molecule has 2 fully saturated rings. The summed E-state index contributed by atoms with van der Waals surface area (Å²) in [6.45, 7) is 7.86. The minimum atomic E-state index is 0. The SMILES string of the molecule is CCNC(=NCc1cccc(OC)c1OC)N1CC2OCCN(Cc3ccccc3)C2C1.I. The van der Waals surface area contributed by atoms with Gasteiger partial charge in [0.25, 0.3) is 0 Å². The fourth-order valence-corrected chi connectivity index (χ4v) is 4.61. The summed E-state index contributed by atoms with van der Waals surface area (Å²) >= 11 is 0. The predicted molar refractivity (Wildman–Crippen MR) is 142 cm³/mol. The molecule has 1 N–H and O–H groups in total. The molecule has 7 nitrogen and oxygen atoms in total. The van der Waals surface area contributed by atoms with Crippen molar-refractivity contribution in [2.75, 3.05) is 47.0 Å². The number of nitrogens with zero attached hydrogens (tertiary/aromatic N) is 3. The Morgan fingerprint density at radius 1 is 1.09 bits per heavy atom. The van der Waals surface area contributed by atoms with Crippen LogP contribution in [0, 0.1) is 0 Å². The number of ether oxygens (including phenoxy) is 3. The van der Waals surface area contributed by atoms with Crippen molar-refractivity contribution >= 4 is 29.9 Å². The van der Waals surface area contributed by atoms with Gasteiger partial charge in [-0.3, -0.25) is 4.90 Å². The molecule has 2 aromatic carbocycles. The summed E-state index contributed by atoms with van der Waals surface area (Å²) in [6, 6.07) is 16.9. The van der Waals surface area contributed by atoms with Crippen LogP contribution in [0.15, 0.2) is 53.5 Å². The lowest BCUT2D eigenvalue weighted by atomic mass is 10.1. The van der Waals surface area contributed by atoms with Gasteiger partial charge in [-0.2, -0.15) is 0 Å². The number of para-hydroxylation sites is 1. The number of methoxy groups -OCH3 is 2. The van der Waals surface area contributed by atoms with Crippen molar-refractivity contribution < 1.29 is 14.2 Å². The fraction of sp³-hybridized carbons (Fsp3) is 0.480. The van der Waals surface area contributed by atoms with E-state index >= 15 is 0 Å². The van der Waals surface area contributed by atoms with Crippen molar-refractivity contribution in [3.63, 3.8) is 0 Å². The fourth-order valence-electron chi connectivity index (χ4n) is 4.61. The first-order valence-corrected chi connectivity index (χ1v) is 11.4. The van der Waals surface area contributed by atoms with E-state index in [1.807, 2.05) is 18.2 Å². The van der Waals surface area contributed by atoms with Crippen molar-refractivity contribution in [3.05, 3.63) is 59.7 Å². The number of nitrogens with one attached hydrogen (secondary N) is 1. The summed E-state index contributed by atoms with van der Waals surface area (Å²) in [6.07, 6.45) is 0.197. The number of fused-ring (bicyclic) bond motifs is 1. The van der Waals surface area contributed by atoms with Gasteiger partial charge in [0.1, 0.15) is 0 Å². The van der Waals surface area contributed by atoms with Crippen LogP contribution in [0.2, 0.25) is 0 Å². The molecule has 0 spiro atoms. The Bertz CT molecular complexity index is 912. The first-order chi connectivity index (χ1) is 15.7. The molecule has 2 aliphatic heterocycles. The Labute approximate surface area is 214 Å². The zero-order valence-corrected chi connectivity index (χ0v) is 22.0. The lowest BCUT2D eigenvalue weighted by Gasteiger charge is -2.36. The topological polar surface area (TPSA) is 58.6 Å². The van der Waals surface area contributed by atoms with Crippen molar-refractivity contribution in [1.29, 1.82) is 0 Å². The first kappa shape index (κ1) is 25.6. The Morgan fingerprint density at radius 3 is 2.64 bits per heavy atom. The van der Waals surface area contributed by atoms with Crippen molar-refractivity contribution in [2.45, 2.75) is 32.2 Å². The minimum Gasteiger partial charge on any atom is -0.493 e. The van der Waals surface area contributed by atoms with Gasteiger partial charge in [0.05, 0.1) is 39.5 Å². The number of aliphatic imine (C=N–C) groups is 1. The van der Waals surface area contributed by atoms with Gasteiger partial charge < -0.3 is 24.4 Å². The van der Waals surface area contributed by atoms with E-state index in [2.05, 4.69) is 52.4 Å². The average Bonchev–Trinajstić information content (AvgIpc) is 3.27. The maximum atomic E-state index is 6.16. The van der Waals surface area contributed by atoms with E-state index in [0.717, 1.165) is 62.4 Å². The van der Waals surface area contributed by atoms with Crippen LogP contribution in [0.1, 0.15) is 18.1 Å². The largest absolute Gasteiger partial charge is 0.493 e. The van der Waals surface area contributed by atoms with E-state index in [-0.39, 0.29) is 30.1 Å². The molecule has 2 aromatic rings. The molecule has 0 aromatic heterocycles. The standard InChI is InChI=1S/C25H34N4O3.HI/c1-4-26-25(27-15-20-11-8-12-22(30-2)24(20)31-3)29-17-21-23(18-29)32-14-13-28(21)16-19-9-6-5-7-10-19;/h5-12,21,23H,4,13-18H2,1-3H3,(H,26,27);1H. The summed E-state index contributed by atoms with van der Waals surface area (Å²) in [7, 11) is 3.32. The second-order valence-electron chi connectivity index (χ2n) is 8.16. The molecule has 2 saturated heterocycles. The van der Waals surface area contributed by atoms with E-state index in [9.17, 15) is 0 Å². The molecular weight excluding hydrogens is 531 g/mol. The summed E-state index contributed by atoms with van der Waals surface area (Å²) in [5.41, 5.74) is 2.35. The molecular formula is C25H35IN4O3. The molecule has 0 amide bonds. The molecule has 2 unspecified atom stereocenters. The second kappa shape index (κ2) is 12.4. The monoisotopic (exact) mass is 566 g/mol. The third kappa shape index (κ3) is 6.10. The number of guanidine groups is 1. The van der Waals surface area contributed by atoms with Gasteiger partial charge in [0.2, 0.25) is 0 Å². The first-order valence-electron chi connectivity index (χ1n) is 11.4. The Hall–Kier alpha value is -2.04. The summed E-state index contributed by atoms with van der Waals surface area (Å²) in [4.78, 5) is 9.82. The van der Waals surface area contributed by atoms with Crippen LogP contribution in [0.25, 0.3) is 0 Å². The van der Waals surface area contributed by atoms with Crippen molar-refractivity contribution in [2.24, 2.45) is 4.99 Å².